The number of hydrogen-bond donors (Lipinski definition) is 1. The Morgan fingerprint density at radius 1 is 0.727 bits per heavy atom. The van der Waals surface area contributed by atoms with Gasteiger partial charge in [0.15, 0.2) is 0 Å². The van der Waals surface area contributed by atoms with Gasteiger partial charge in [0, 0.05) is 32.0 Å². The van der Waals surface area contributed by atoms with Gasteiger partial charge in [0.2, 0.25) is 0 Å². The Morgan fingerprint density at radius 3 is 1.45 bits per heavy atom. The van der Waals surface area contributed by atoms with Gasteiger partial charge in [-0.25, -0.2) is 0 Å². The van der Waals surface area contributed by atoms with Crippen molar-refractivity contribution in [3.05, 3.63) is 0 Å². The summed E-state index contributed by atoms with van der Waals surface area (Å²) >= 11 is 0. The van der Waals surface area contributed by atoms with Crippen LogP contribution in [-0.4, -0.2) is 39.8 Å². The lowest BCUT2D eigenvalue weighted by Crippen LogP contribution is -2.45. The molecule has 0 unspecified atom stereocenters. The molecule has 0 aromatic heterocycles. The first kappa shape index (κ1) is 24.3. The zero-order valence-electron chi connectivity index (χ0n) is 15.8. The van der Waals surface area contributed by atoms with Crippen molar-refractivity contribution >= 4 is 8.80 Å². The van der Waals surface area contributed by atoms with Crippen LogP contribution in [0, 0.1) is 0 Å². The van der Waals surface area contributed by atoms with Gasteiger partial charge in [-0.1, -0.05) is 39.0 Å². The highest BCUT2D eigenvalue weighted by molar-refractivity contribution is 6.60. The molecule has 4 nitrogen and oxygen atoms in total. The number of aliphatic hydroxyl groups excluding tert-OH is 1. The van der Waals surface area contributed by atoms with Gasteiger partial charge in [-0.2, -0.15) is 0 Å². The van der Waals surface area contributed by atoms with E-state index < -0.39 is 8.80 Å². The van der Waals surface area contributed by atoms with Crippen LogP contribution >= 0.6 is 0 Å². The van der Waals surface area contributed by atoms with Crippen molar-refractivity contribution in [2.45, 2.75) is 92.2 Å². The third kappa shape index (κ3) is 16.4. The van der Waals surface area contributed by atoms with Crippen LogP contribution in [0.15, 0.2) is 0 Å². The van der Waals surface area contributed by atoms with E-state index in [-0.39, 0.29) is 6.10 Å². The quantitative estimate of drug-likeness (QED) is 0.388. The Morgan fingerprint density at radius 2 is 1.09 bits per heavy atom. The average Bonchev–Trinajstić information content (AvgIpc) is 2.43. The van der Waals surface area contributed by atoms with Gasteiger partial charge in [0.1, 0.15) is 0 Å². The summed E-state index contributed by atoms with van der Waals surface area (Å²) in [6.45, 7) is 13.8. The number of rotatable bonds is 13. The second kappa shape index (κ2) is 17.4. The first-order valence-corrected chi connectivity index (χ1v) is 11.0. The van der Waals surface area contributed by atoms with E-state index in [4.69, 9.17) is 18.4 Å². The molecular weight excluding hydrogens is 296 g/mol. The first-order valence-electron chi connectivity index (χ1n) is 9.07. The summed E-state index contributed by atoms with van der Waals surface area (Å²) in [5, 5.41) is 8.06. The fourth-order valence-electron chi connectivity index (χ4n) is 2.12. The molecule has 0 atom stereocenters. The average molecular weight is 337 g/mol. The summed E-state index contributed by atoms with van der Waals surface area (Å²) in [5.74, 6) is 0. The van der Waals surface area contributed by atoms with E-state index in [1.54, 1.807) is 13.8 Å². The molecule has 0 heterocycles. The summed E-state index contributed by atoms with van der Waals surface area (Å²) in [7, 11) is -2.36. The predicted octanol–water partition coefficient (Wildman–Crippen LogP) is 4.78. The maximum atomic E-state index is 8.06. The Kier molecular flexibility index (Phi) is 19.2. The molecule has 0 rings (SSSR count). The lowest BCUT2D eigenvalue weighted by molar-refractivity contribution is 0.0706. The van der Waals surface area contributed by atoms with Crippen LogP contribution < -0.4 is 0 Å². The van der Waals surface area contributed by atoms with Crippen LogP contribution in [0.4, 0.5) is 0 Å². The van der Waals surface area contributed by atoms with Gasteiger partial charge in [-0.15, -0.1) is 0 Å². The summed E-state index contributed by atoms with van der Waals surface area (Å²) in [4.78, 5) is 0. The topological polar surface area (TPSA) is 47.9 Å². The SMILES string of the molecule is CC(C)O.CCCCCCCC[Si](OCC)(OCC)OCC. The number of aliphatic hydroxyl groups is 1. The smallest absolute Gasteiger partial charge is 0.394 e. The highest BCUT2D eigenvalue weighted by Crippen LogP contribution is 2.20. The molecule has 0 aliphatic rings. The van der Waals surface area contributed by atoms with Crippen molar-refractivity contribution in [3.8, 4) is 0 Å². The summed E-state index contributed by atoms with van der Waals surface area (Å²) in [5.41, 5.74) is 0. The molecule has 0 radical (unpaired) electrons. The van der Waals surface area contributed by atoms with Gasteiger partial charge in [-0.3, -0.25) is 0 Å². The van der Waals surface area contributed by atoms with E-state index in [9.17, 15) is 0 Å². The minimum absolute atomic E-state index is 0.167. The van der Waals surface area contributed by atoms with Crippen LogP contribution in [0.2, 0.25) is 6.04 Å². The van der Waals surface area contributed by atoms with E-state index >= 15 is 0 Å². The zero-order valence-corrected chi connectivity index (χ0v) is 16.8. The van der Waals surface area contributed by atoms with E-state index in [1.807, 2.05) is 20.8 Å². The van der Waals surface area contributed by atoms with Crippen molar-refractivity contribution in [2.75, 3.05) is 19.8 Å². The highest BCUT2D eigenvalue weighted by atomic mass is 28.4. The van der Waals surface area contributed by atoms with Crippen LogP contribution in [0.1, 0.15) is 80.1 Å². The van der Waals surface area contributed by atoms with Crippen molar-refractivity contribution in [3.63, 3.8) is 0 Å². The molecule has 0 saturated carbocycles. The Labute approximate surface area is 139 Å². The maximum absolute atomic E-state index is 8.06. The Hall–Kier alpha value is 0.0569. The molecule has 0 fully saturated rings. The first-order chi connectivity index (χ1) is 10.5. The molecule has 0 spiro atoms. The number of hydrogen-bond acceptors (Lipinski definition) is 4. The number of unbranched alkanes of at least 4 members (excludes halogenated alkanes) is 5. The monoisotopic (exact) mass is 336 g/mol. The summed E-state index contributed by atoms with van der Waals surface area (Å²) < 4.78 is 17.5. The molecule has 136 valence electrons. The predicted molar refractivity (Wildman–Crippen MR) is 96.2 cm³/mol. The third-order valence-corrected chi connectivity index (χ3v) is 6.08. The van der Waals surface area contributed by atoms with E-state index in [1.165, 1.54) is 32.1 Å². The largest absolute Gasteiger partial charge is 0.500 e. The molecule has 1 N–H and O–H groups in total. The second-order valence-electron chi connectivity index (χ2n) is 5.59. The molecule has 0 aromatic rings. The maximum Gasteiger partial charge on any atom is 0.500 e. The van der Waals surface area contributed by atoms with E-state index in [0.717, 1.165) is 12.5 Å². The van der Waals surface area contributed by atoms with Gasteiger partial charge in [0.25, 0.3) is 0 Å². The van der Waals surface area contributed by atoms with E-state index in [0.29, 0.717) is 19.8 Å². The highest BCUT2D eigenvalue weighted by Gasteiger charge is 2.39. The molecule has 22 heavy (non-hydrogen) atoms. The minimum atomic E-state index is -2.36. The fraction of sp³-hybridized carbons (Fsp3) is 1.00. The van der Waals surface area contributed by atoms with Crippen molar-refractivity contribution in [1.82, 2.24) is 0 Å². The van der Waals surface area contributed by atoms with Gasteiger partial charge >= 0.3 is 8.80 Å². The molecule has 0 amide bonds. The summed E-state index contributed by atoms with van der Waals surface area (Å²) in [6, 6.07) is 0.967. The van der Waals surface area contributed by atoms with Gasteiger partial charge in [-0.05, 0) is 41.0 Å². The standard InChI is InChI=1S/C14H32O3Si.C3H8O/c1-5-9-10-11-12-13-14-18(15-6-2,16-7-3)17-8-4;1-3(2)4/h5-14H2,1-4H3;3-4H,1-2H3. The zero-order chi connectivity index (χ0) is 17.3. The van der Waals surface area contributed by atoms with Crippen LogP contribution in [0.3, 0.4) is 0 Å². The molecule has 0 aliphatic heterocycles. The lowest BCUT2D eigenvalue weighted by atomic mass is 10.1. The van der Waals surface area contributed by atoms with Crippen molar-refractivity contribution in [2.24, 2.45) is 0 Å². The molecule has 0 aromatic carbocycles. The van der Waals surface area contributed by atoms with Crippen LogP contribution in [0.25, 0.3) is 0 Å². The molecule has 5 heteroatoms. The molecule has 0 bridgehead atoms. The van der Waals surface area contributed by atoms with Crippen molar-refractivity contribution in [1.29, 1.82) is 0 Å². The van der Waals surface area contributed by atoms with E-state index in [2.05, 4.69) is 6.92 Å². The normalized spacial score (nSPS) is 11.5. The van der Waals surface area contributed by atoms with Gasteiger partial charge in [0.05, 0.1) is 0 Å². The summed E-state index contributed by atoms with van der Waals surface area (Å²) in [6.07, 6.45) is 7.59. The second-order valence-corrected chi connectivity index (χ2v) is 8.33. The van der Waals surface area contributed by atoms with Crippen LogP contribution in [0.5, 0.6) is 0 Å². The van der Waals surface area contributed by atoms with Gasteiger partial charge < -0.3 is 18.4 Å². The van der Waals surface area contributed by atoms with Crippen molar-refractivity contribution < 1.29 is 18.4 Å². The fourth-order valence-corrected chi connectivity index (χ4v) is 4.81. The molecule has 0 saturated heterocycles. The lowest BCUT2D eigenvalue weighted by Gasteiger charge is -2.28. The molecule has 0 aliphatic carbocycles. The minimum Gasteiger partial charge on any atom is -0.394 e. The Balaban J connectivity index is 0. The molecular formula is C17H40O4Si. The van der Waals surface area contributed by atoms with Crippen LogP contribution in [-0.2, 0) is 13.3 Å². The Bertz CT molecular complexity index is 193. The third-order valence-electron chi connectivity index (χ3n) is 2.93.